The van der Waals surface area contributed by atoms with E-state index in [1.165, 1.54) is 20.5 Å². The number of nitrogens with two attached hydrogens (primary N) is 1. The first kappa shape index (κ1) is 12.1. The van der Waals surface area contributed by atoms with Gasteiger partial charge < -0.3 is 15.2 Å². The predicted octanol–water partition coefficient (Wildman–Crippen LogP) is 1.88. The van der Waals surface area contributed by atoms with E-state index < -0.39 is 5.82 Å². The van der Waals surface area contributed by atoms with Crippen molar-refractivity contribution < 1.29 is 13.9 Å². The van der Waals surface area contributed by atoms with Gasteiger partial charge in [0.1, 0.15) is 23.5 Å². The number of anilines is 1. The highest BCUT2D eigenvalue weighted by Crippen LogP contribution is 2.34. The van der Waals surface area contributed by atoms with E-state index in [1.807, 2.05) is 0 Å². The highest BCUT2D eigenvalue weighted by Gasteiger charge is 2.15. The van der Waals surface area contributed by atoms with E-state index in [1.54, 1.807) is 18.2 Å². The predicted molar refractivity (Wildman–Crippen MR) is 64.9 cm³/mol. The van der Waals surface area contributed by atoms with E-state index in [9.17, 15) is 4.39 Å². The third-order valence-electron chi connectivity index (χ3n) is 2.48. The van der Waals surface area contributed by atoms with Crippen LogP contribution in [-0.2, 0) is 0 Å². The van der Waals surface area contributed by atoms with Crippen LogP contribution in [0.4, 0.5) is 10.2 Å². The van der Waals surface area contributed by atoms with Crippen molar-refractivity contribution in [3.8, 4) is 22.8 Å². The van der Waals surface area contributed by atoms with Crippen LogP contribution in [0.25, 0.3) is 11.3 Å². The van der Waals surface area contributed by atoms with Gasteiger partial charge in [-0.25, -0.2) is 14.4 Å². The van der Waals surface area contributed by atoms with Crippen LogP contribution in [0, 0.1) is 5.82 Å². The van der Waals surface area contributed by atoms with Gasteiger partial charge in [-0.3, -0.25) is 0 Å². The maximum absolute atomic E-state index is 13.8. The van der Waals surface area contributed by atoms with Crippen LogP contribution < -0.4 is 15.2 Å². The van der Waals surface area contributed by atoms with Gasteiger partial charge in [-0.15, -0.1) is 0 Å². The molecule has 0 atom stereocenters. The molecule has 0 saturated carbocycles. The molecule has 94 valence electrons. The normalized spacial score (nSPS) is 10.2. The molecule has 0 fully saturated rings. The first-order valence-electron chi connectivity index (χ1n) is 5.15. The van der Waals surface area contributed by atoms with Gasteiger partial charge in [0, 0.05) is 11.6 Å². The standard InChI is InChI=1S/C12H12FN3O2/c1-17-7-3-4-8(9(5-7)18-2)11-10(13)12(14)16-6-15-11/h3-6H,1-2H3,(H2,14,15,16). The average molecular weight is 249 g/mol. The average Bonchev–Trinajstić information content (AvgIpc) is 2.41. The van der Waals surface area contributed by atoms with Crippen molar-refractivity contribution in [1.82, 2.24) is 9.97 Å². The lowest BCUT2D eigenvalue weighted by molar-refractivity contribution is 0.395. The zero-order valence-electron chi connectivity index (χ0n) is 9.98. The topological polar surface area (TPSA) is 70.3 Å². The van der Waals surface area contributed by atoms with Gasteiger partial charge in [0.15, 0.2) is 11.6 Å². The number of nitrogen functional groups attached to an aromatic ring is 1. The molecular formula is C12H12FN3O2. The largest absolute Gasteiger partial charge is 0.497 e. The second kappa shape index (κ2) is 4.87. The molecule has 1 aromatic carbocycles. The minimum atomic E-state index is -0.666. The maximum atomic E-state index is 13.8. The molecule has 0 spiro atoms. The Morgan fingerprint density at radius 1 is 1.17 bits per heavy atom. The van der Waals surface area contributed by atoms with E-state index >= 15 is 0 Å². The highest BCUT2D eigenvalue weighted by molar-refractivity contribution is 5.70. The molecule has 0 amide bonds. The summed E-state index contributed by atoms with van der Waals surface area (Å²) in [5.74, 6) is 0.197. The quantitative estimate of drug-likeness (QED) is 0.899. The van der Waals surface area contributed by atoms with Gasteiger partial charge in [0.2, 0.25) is 0 Å². The molecule has 0 aliphatic rings. The van der Waals surface area contributed by atoms with Gasteiger partial charge in [-0.05, 0) is 12.1 Å². The van der Waals surface area contributed by atoms with E-state index in [4.69, 9.17) is 15.2 Å². The monoisotopic (exact) mass is 249 g/mol. The van der Waals surface area contributed by atoms with E-state index in [-0.39, 0.29) is 11.5 Å². The Morgan fingerprint density at radius 3 is 2.61 bits per heavy atom. The molecule has 0 saturated heterocycles. The second-order valence-corrected chi connectivity index (χ2v) is 3.49. The molecule has 1 heterocycles. The van der Waals surface area contributed by atoms with Crippen molar-refractivity contribution in [3.05, 3.63) is 30.3 Å². The summed E-state index contributed by atoms with van der Waals surface area (Å²) in [5.41, 5.74) is 6.00. The molecule has 0 aliphatic heterocycles. The fraction of sp³-hybridized carbons (Fsp3) is 0.167. The van der Waals surface area contributed by atoms with Crippen LogP contribution in [0.3, 0.4) is 0 Å². The van der Waals surface area contributed by atoms with Gasteiger partial charge in [-0.2, -0.15) is 0 Å². The fourth-order valence-corrected chi connectivity index (χ4v) is 1.57. The Kier molecular flexibility index (Phi) is 3.27. The lowest BCUT2D eigenvalue weighted by Crippen LogP contribution is -2.00. The second-order valence-electron chi connectivity index (χ2n) is 3.49. The molecule has 0 unspecified atom stereocenters. The first-order valence-corrected chi connectivity index (χ1v) is 5.15. The van der Waals surface area contributed by atoms with Crippen LogP contribution >= 0.6 is 0 Å². The molecule has 5 nitrogen and oxygen atoms in total. The van der Waals surface area contributed by atoms with Crippen LogP contribution in [0.2, 0.25) is 0 Å². The smallest absolute Gasteiger partial charge is 0.191 e. The molecule has 2 N–H and O–H groups in total. The molecule has 0 aliphatic carbocycles. The molecule has 6 heteroatoms. The van der Waals surface area contributed by atoms with Crippen molar-refractivity contribution in [2.45, 2.75) is 0 Å². The number of benzene rings is 1. The summed E-state index contributed by atoms with van der Waals surface area (Å²) >= 11 is 0. The zero-order valence-corrected chi connectivity index (χ0v) is 9.98. The highest BCUT2D eigenvalue weighted by atomic mass is 19.1. The molecule has 2 rings (SSSR count). The van der Waals surface area contributed by atoms with E-state index in [0.29, 0.717) is 17.1 Å². The molecule has 2 aromatic rings. The number of ether oxygens (including phenoxy) is 2. The molecular weight excluding hydrogens is 237 g/mol. The maximum Gasteiger partial charge on any atom is 0.191 e. The van der Waals surface area contributed by atoms with E-state index in [2.05, 4.69) is 9.97 Å². The Morgan fingerprint density at radius 2 is 1.94 bits per heavy atom. The summed E-state index contributed by atoms with van der Waals surface area (Å²) in [6.07, 6.45) is 1.21. The third kappa shape index (κ3) is 2.04. The van der Waals surface area contributed by atoms with Gasteiger partial charge in [0.25, 0.3) is 0 Å². The van der Waals surface area contributed by atoms with Crippen molar-refractivity contribution in [1.29, 1.82) is 0 Å². The summed E-state index contributed by atoms with van der Waals surface area (Å²) in [4.78, 5) is 7.47. The Labute approximate surface area is 103 Å². The Hall–Kier alpha value is -2.37. The minimum Gasteiger partial charge on any atom is -0.497 e. The number of aromatic nitrogens is 2. The summed E-state index contributed by atoms with van der Waals surface area (Å²) in [5, 5.41) is 0. The molecule has 0 radical (unpaired) electrons. The van der Waals surface area contributed by atoms with Gasteiger partial charge in [-0.1, -0.05) is 0 Å². The fourth-order valence-electron chi connectivity index (χ4n) is 1.57. The lowest BCUT2D eigenvalue weighted by Gasteiger charge is -2.10. The van der Waals surface area contributed by atoms with Crippen LogP contribution in [-0.4, -0.2) is 24.2 Å². The van der Waals surface area contributed by atoms with Crippen LogP contribution in [0.5, 0.6) is 11.5 Å². The van der Waals surface area contributed by atoms with Crippen molar-refractivity contribution in [2.75, 3.05) is 20.0 Å². The van der Waals surface area contributed by atoms with Crippen molar-refractivity contribution in [3.63, 3.8) is 0 Å². The number of rotatable bonds is 3. The summed E-state index contributed by atoms with van der Waals surface area (Å²) in [7, 11) is 3.03. The molecule has 18 heavy (non-hydrogen) atoms. The summed E-state index contributed by atoms with van der Waals surface area (Å²) < 4.78 is 24.1. The number of halogens is 1. The number of hydrogen-bond acceptors (Lipinski definition) is 5. The SMILES string of the molecule is COc1ccc(-c2ncnc(N)c2F)c(OC)c1. The number of hydrogen-bond donors (Lipinski definition) is 1. The zero-order chi connectivity index (χ0) is 13.1. The summed E-state index contributed by atoms with van der Waals surface area (Å²) in [6, 6.07) is 4.99. The van der Waals surface area contributed by atoms with Crippen LogP contribution in [0.1, 0.15) is 0 Å². The molecule has 0 bridgehead atoms. The first-order chi connectivity index (χ1) is 8.67. The van der Waals surface area contributed by atoms with Gasteiger partial charge in [0.05, 0.1) is 14.2 Å². The number of nitrogens with zero attached hydrogens (tertiary/aromatic N) is 2. The minimum absolute atomic E-state index is 0.0991. The summed E-state index contributed by atoms with van der Waals surface area (Å²) in [6.45, 7) is 0. The van der Waals surface area contributed by atoms with Crippen molar-refractivity contribution >= 4 is 5.82 Å². The van der Waals surface area contributed by atoms with Crippen LogP contribution in [0.15, 0.2) is 24.5 Å². The Balaban J connectivity index is 2.60. The van der Waals surface area contributed by atoms with Crippen molar-refractivity contribution in [2.24, 2.45) is 0 Å². The number of methoxy groups -OCH3 is 2. The van der Waals surface area contributed by atoms with Gasteiger partial charge >= 0.3 is 0 Å². The molecule has 1 aromatic heterocycles. The third-order valence-corrected chi connectivity index (χ3v) is 2.48. The van der Waals surface area contributed by atoms with E-state index in [0.717, 1.165) is 0 Å². The lowest BCUT2D eigenvalue weighted by atomic mass is 10.1. The Bertz CT molecular complexity index is 575.